The molecule has 0 aliphatic carbocycles. The molecule has 0 amide bonds. The van der Waals surface area contributed by atoms with Gasteiger partial charge in [0.1, 0.15) is 5.56 Å². The number of hydrogen-bond acceptors (Lipinski definition) is 5. The molecule has 7 heteroatoms. The number of aromatic carboxylic acids is 1. The van der Waals surface area contributed by atoms with Gasteiger partial charge < -0.3 is 10.4 Å². The van der Waals surface area contributed by atoms with Crippen molar-refractivity contribution in [3.8, 4) is 0 Å². The first kappa shape index (κ1) is 12.0. The van der Waals surface area contributed by atoms with Crippen LogP contribution in [0.5, 0.6) is 0 Å². The average molecular weight is 247 g/mol. The van der Waals surface area contributed by atoms with Gasteiger partial charge in [-0.1, -0.05) is 0 Å². The molecule has 2 aromatic rings. The van der Waals surface area contributed by atoms with E-state index in [4.69, 9.17) is 5.11 Å². The molecule has 0 saturated heterocycles. The van der Waals surface area contributed by atoms with Crippen LogP contribution in [-0.4, -0.2) is 37.6 Å². The average Bonchev–Trinajstić information content (AvgIpc) is 2.75. The van der Waals surface area contributed by atoms with Crippen molar-refractivity contribution in [3.63, 3.8) is 0 Å². The van der Waals surface area contributed by atoms with Crippen molar-refractivity contribution in [2.24, 2.45) is 7.05 Å². The Morgan fingerprint density at radius 2 is 2.33 bits per heavy atom. The van der Waals surface area contributed by atoms with Crippen LogP contribution in [0.2, 0.25) is 0 Å². The molecule has 0 aliphatic heterocycles. The Balaban J connectivity index is 1.96. The van der Waals surface area contributed by atoms with Crippen molar-refractivity contribution in [2.75, 3.05) is 11.9 Å². The van der Waals surface area contributed by atoms with Crippen molar-refractivity contribution in [1.29, 1.82) is 0 Å². The van der Waals surface area contributed by atoms with Crippen LogP contribution < -0.4 is 5.32 Å². The molecule has 94 valence electrons. The molecule has 0 unspecified atom stereocenters. The Labute approximate surface area is 103 Å². The van der Waals surface area contributed by atoms with Crippen LogP contribution in [0.25, 0.3) is 0 Å². The Kier molecular flexibility index (Phi) is 3.52. The standard InChI is InChI=1S/C11H13N5O2/c1-16-7-4-8(15-16)2-5-12-10-9(11(17)18)3-6-13-14-10/h3-4,6-7H,2,5H2,1H3,(H,12,14)(H,17,18). The number of anilines is 1. The zero-order valence-corrected chi connectivity index (χ0v) is 9.87. The number of carboxylic acid groups (broad SMARTS) is 1. The van der Waals surface area contributed by atoms with Gasteiger partial charge in [-0.3, -0.25) is 4.68 Å². The second kappa shape index (κ2) is 5.26. The number of hydrogen-bond donors (Lipinski definition) is 2. The third-order valence-corrected chi connectivity index (χ3v) is 2.39. The van der Waals surface area contributed by atoms with Gasteiger partial charge in [-0.15, -0.1) is 5.10 Å². The highest BCUT2D eigenvalue weighted by atomic mass is 16.4. The summed E-state index contributed by atoms with van der Waals surface area (Å²) in [5.74, 6) is -0.744. The van der Waals surface area contributed by atoms with Crippen LogP contribution in [0.15, 0.2) is 24.5 Å². The molecule has 2 rings (SSSR count). The summed E-state index contributed by atoms with van der Waals surface area (Å²) in [7, 11) is 1.85. The monoisotopic (exact) mass is 247 g/mol. The number of rotatable bonds is 5. The van der Waals surface area contributed by atoms with Crippen LogP contribution in [0.3, 0.4) is 0 Å². The summed E-state index contributed by atoms with van der Waals surface area (Å²) in [6, 6.07) is 3.33. The molecule has 0 saturated carbocycles. The van der Waals surface area contributed by atoms with E-state index in [1.165, 1.54) is 12.3 Å². The van der Waals surface area contributed by atoms with E-state index in [0.717, 1.165) is 5.69 Å². The molecule has 0 spiro atoms. The summed E-state index contributed by atoms with van der Waals surface area (Å²) >= 11 is 0. The first-order chi connectivity index (χ1) is 8.66. The SMILES string of the molecule is Cn1ccc(CCNc2nnccc2C(=O)O)n1. The molecule has 0 aliphatic rings. The van der Waals surface area contributed by atoms with Crippen molar-refractivity contribution in [1.82, 2.24) is 20.0 Å². The lowest BCUT2D eigenvalue weighted by Crippen LogP contribution is -2.12. The van der Waals surface area contributed by atoms with E-state index >= 15 is 0 Å². The molecule has 0 radical (unpaired) electrons. The lowest BCUT2D eigenvalue weighted by molar-refractivity contribution is 0.0697. The number of carbonyl (C=O) groups is 1. The van der Waals surface area contributed by atoms with E-state index in [-0.39, 0.29) is 11.4 Å². The van der Waals surface area contributed by atoms with Crippen LogP contribution in [0.1, 0.15) is 16.1 Å². The highest BCUT2D eigenvalue weighted by Crippen LogP contribution is 2.09. The van der Waals surface area contributed by atoms with E-state index in [0.29, 0.717) is 13.0 Å². The Hall–Kier alpha value is -2.44. The molecule has 2 heterocycles. The maximum Gasteiger partial charge on any atom is 0.339 e. The molecular weight excluding hydrogens is 234 g/mol. The summed E-state index contributed by atoms with van der Waals surface area (Å²) in [5, 5.41) is 23.6. The first-order valence-electron chi connectivity index (χ1n) is 5.44. The highest BCUT2D eigenvalue weighted by Gasteiger charge is 2.10. The van der Waals surface area contributed by atoms with Crippen molar-refractivity contribution >= 4 is 11.8 Å². The molecular formula is C11H13N5O2. The Morgan fingerprint density at radius 3 is 3.00 bits per heavy atom. The largest absolute Gasteiger partial charge is 0.478 e. The first-order valence-corrected chi connectivity index (χ1v) is 5.44. The molecule has 0 fully saturated rings. The minimum Gasteiger partial charge on any atom is -0.478 e. The third-order valence-electron chi connectivity index (χ3n) is 2.39. The van der Waals surface area contributed by atoms with Gasteiger partial charge in [0.05, 0.1) is 11.9 Å². The van der Waals surface area contributed by atoms with Gasteiger partial charge >= 0.3 is 5.97 Å². The molecule has 7 nitrogen and oxygen atoms in total. The van der Waals surface area contributed by atoms with E-state index in [1.54, 1.807) is 4.68 Å². The summed E-state index contributed by atoms with van der Waals surface area (Å²) in [4.78, 5) is 10.9. The van der Waals surface area contributed by atoms with Gasteiger partial charge in [-0.2, -0.15) is 10.2 Å². The van der Waals surface area contributed by atoms with Crippen molar-refractivity contribution in [2.45, 2.75) is 6.42 Å². The number of aryl methyl sites for hydroxylation is 1. The lowest BCUT2D eigenvalue weighted by atomic mass is 10.2. The second-order valence-electron chi connectivity index (χ2n) is 3.76. The van der Waals surface area contributed by atoms with Gasteiger partial charge in [-0.05, 0) is 12.1 Å². The molecule has 0 aromatic carbocycles. The number of nitrogens with one attached hydrogen (secondary N) is 1. The van der Waals surface area contributed by atoms with Crippen molar-refractivity contribution in [3.05, 3.63) is 35.8 Å². The van der Waals surface area contributed by atoms with E-state index < -0.39 is 5.97 Å². The van der Waals surface area contributed by atoms with E-state index in [2.05, 4.69) is 20.6 Å². The summed E-state index contributed by atoms with van der Waals surface area (Å²) in [5.41, 5.74) is 1.05. The van der Waals surface area contributed by atoms with Gasteiger partial charge in [-0.25, -0.2) is 4.79 Å². The highest BCUT2D eigenvalue weighted by molar-refractivity contribution is 5.92. The fraction of sp³-hybridized carbons (Fsp3) is 0.273. The van der Waals surface area contributed by atoms with Crippen LogP contribution in [0, 0.1) is 0 Å². The van der Waals surface area contributed by atoms with Crippen molar-refractivity contribution < 1.29 is 9.90 Å². The minimum atomic E-state index is -1.02. The third kappa shape index (κ3) is 2.82. The molecule has 18 heavy (non-hydrogen) atoms. The minimum absolute atomic E-state index is 0.117. The number of carboxylic acids is 1. The summed E-state index contributed by atoms with van der Waals surface area (Å²) in [6.45, 7) is 0.552. The zero-order valence-electron chi connectivity index (χ0n) is 9.87. The van der Waals surface area contributed by atoms with Gasteiger partial charge in [0.15, 0.2) is 5.82 Å². The Bertz CT molecular complexity index is 552. The topological polar surface area (TPSA) is 92.9 Å². The molecule has 2 N–H and O–H groups in total. The number of nitrogens with zero attached hydrogens (tertiary/aromatic N) is 4. The predicted octanol–water partition coefficient (Wildman–Crippen LogP) is 0.563. The van der Waals surface area contributed by atoms with Crippen LogP contribution in [-0.2, 0) is 13.5 Å². The quantitative estimate of drug-likeness (QED) is 0.802. The van der Waals surface area contributed by atoms with Crippen LogP contribution in [0.4, 0.5) is 5.82 Å². The van der Waals surface area contributed by atoms with E-state index in [1.807, 2.05) is 19.3 Å². The zero-order chi connectivity index (χ0) is 13.0. The summed E-state index contributed by atoms with van der Waals surface area (Å²) in [6.07, 6.45) is 3.91. The normalized spacial score (nSPS) is 10.3. The fourth-order valence-corrected chi connectivity index (χ4v) is 1.54. The van der Waals surface area contributed by atoms with Crippen LogP contribution >= 0.6 is 0 Å². The maximum atomic E-state index is 10.9. The van der Waals surface area contributed by atoms with Gasteiger partial charge in [0.2, 0.25) is 0 Å². The lowest BCUT2D eigenvalue weighted by Gasteiger charge is -2.05. The van der Waals surface area contributed by atoms with Gasteiger partial charge in [0.25, 0.3) is 0 Å². The number of aromatic nitrogens is 4. The second-order valence-corrected chi connectivity index (χ2v) is 3.76. The Morgan fingerprint density at radius 1 is 1.50 bits per heavy atom. The van der Waals surface area contributed by atoms with E-state index in [9.17, 15) is 4.79 Å². The molecule has 2 aromatic heterocycles. The maximum absolute atomic E-state index is 10.9. The molecule has 0 atom stereocenters. The summed E-state index contributed by atoms with van der Waals surface area (Å²) < 4.78 is 1.72. The molecule has 0 bridgehead atoms. The van der Waals surface area contributed by atoms with Gasteiger partial charge in [0, 0.05) is 26.2 Å². The predicted molar refractivity (Wildman–Crippen MR) is 64.4 cm³/mol. The fourth-order valence-electron chi connectivity index (χ4n) is 1.54. The smallest absolute Gasteiger partial charge is 0.339 e.